The summed E-state index contributed by atoms with van der Waals surface area (Å²) in [5, 5.41) is 19.5. The lowest BCUT2D eigenvalue weighted by atomic mass is 9.89. The van der Waals surface area contributed by atoms with Crippen LogP contribution in [0.4, 0.5) is 0 Å². The van der Waals surface area contributed by atoms with Crippen molar-refractivity contribution in [3.63, 3.8) is 0 Å². The van der Waals surface area contributed by atoms with E-state index in [1.165, 1.54) is 11.3 Å². The fourth-order valence-corrected chi connectivity index (χ4v) is 5.45. The Kier molecular flexibility index (Phi) is 7.87. The lowest BCUT2D eigenvalue weighted by Gasteiger charge is -2.20. The number of thiophene rings is 1. The molecule has 2 unspecified atom stereocenters. The second-order valence-corrected chi connectivity index (χ2v) is 9.44. The summed E-state index contributed by atoms with van der Waals surface area (Å²) in [5.41, 5.74) is 2.19. The van der Waals surface area contributed by atoms with Crippen molar-refractivity contribution in [2.75, 3.05) is 0 Å². The Balaban J connectivity index is 1.60. The smallest absolute Gasteiger partial charge is 0.345 e. The Labute approximate surface area is 181 Å². The molecule has 3 rings (SSSR count). The van der Waals surface area contributed by atoms with Gasteiger partial charge in [-0.25, -0.2) is 4.79 Å². The van der Waals surface area contributed by atoms with Gasteiger partial charge in [0.25, 0.3) is 0 Å². The van der Waals surface area contributed by atoms with Crippen molar-refractivity contribution in [2.24, 2.45) is 11.8 Å². The molecule has 0 amide bonds. The van der Waals surface area contributed by atoms with Crippen molar-refractivity contribution in [3.05, 3.63) is 57.6 Å². The molecule has 1 aliphatic carbocycles. The van der Waals surface area contributed by atoms with Crippen LogP contribution in [0, 0.1) is 11.8 Å². The van der Waals surface area contributed by atoms with Crippen molar-refractivity contribution in [1.29, 1.82) is 0 Å². The molecule has 0 bridgehead atoms. The van der Waals surface area contributed by atoms with Gasteiger partial charge in [0.2, 0.25) is 0 Å². The maximum atomic E-state index is 11.0. The van der Waals surface area contributed by atoms with Crippen molar-refractivity contribution in [2.45, 2.75) is 56.9 Å². The summed E-state index contributed by atoms with van der Waals surface area (Å²) in [6.45, 7) is 2.14. The van der Waals surface area contributed by atoms with Gasteiger partial charge in [-0.15, -0.1) is 22.9 Å². The Morgan fingerprint density at radius 3 is 2.90 bits per heavy atom. The second-order valence-electron chi connectivity index (χ2n) is 7.71. The summed E-state index contributed by atoms with van der Waals surface area (Å²) in [5.74, 6) is -0.610. The number of carboxylic acids is 1. The summed E-state index contributed by atoms with van der Waals surface area (Å²) in [7, 11) is 0. The number of alkyl halides is 1. The van der Waals surface area contributed by atoms with Crippen LogP contribution >= 0.6 is 22.9 Å². The average Bonchev–Trinajstić information content (AvgIpc) is 3.26. The quantitative estimate of drug-likeness (QED) is 0.517. The van der Waals surface area contributed by atoms with Gasteiger partial charge in [-0.1, -0.05) is 25.5 Å². The van der Waals surface area contributed by atoms with Gasteiger partial charge in [-0.05, 0) is 67.9 Å². The predicted octanol–water partition coefficient (Wildman–Crippen LogP) is 5.43. The van der Waals surface area contributed by atoms with Gasteiger partial charge in [0.15, 0.2) is 0 Å². The number of aromatic carboxylic acids is 1. The van der Waals surface area contributed by atoms with E-state index in [9.17, 15) is 9.90 Å². The molecule has 0 aromatic carbocycles. The number of carboxylic acid groups (broad SMARTS) is 1. The molecular formula is C23H28ClNO3S. The third-order valence-electron chi connectivity index (χ3n) is 5.56. The van der Waals surface area contributed by atoms with Crippen molar-refractivity contribution < 1.29 is 15.0 Å². The van der Waals surface area contributed by atoms with Crippen LogP contribution in [-0.4, -0.2) is 32.6 Å². The molecule has 0 spiro atoms. The average molecular weight is 434 g/mol. The third-order valence-corrected chi connectivity index (χ3v) is 7.20. The van der Waals surface area contributed by atoms with E-state index < -0.39 is 12.1 Å². The highest BCUT2D eigenvalue weighted by Gasteiger charge is 2.39. The molecular weight excluding hydrogens is 406 g/mol. The number of hydrogen-bond acceptors (Lipinski definition) is 4. The molecule has 2 N–H and O–H groups in total. The summed E-state index contributed by atoms with van der Waals surface area (Å²) < 4.78 is 0. The first kappa shape index (κ1) is 22.0. The summed E-state index contributed by atoms with van der Waals surface area (Å²) in [6, 6.07) is 7.65. The molecule has 4 nitrogen and oxygen atoms in total. The van der Waals surface area contributed by atoms with E-state index in [0.29, 0.717) is 11.3 Å². The zero-order chi connectivity index (χ0) is 20.8. The Hall–Kier alpha value is -1.69. The minimum absolute atomic E-state index is 0.0364. The van der Waals surface area contributed by atoms with Gasteiger partial charge in [0, 0.05) is 28.1 Å². The first-order valence-electron chi connectivity index (χ1n) is 10.2. The molecule has 0 aliphatic heterocycles. The number of aliphatic hydroxyl groups is 1. The summed E-state index contributed by atoms with van der Waals surface area (Å²) in [6.07, 6.45) is 10.9. The molecule has 1 aliphatic rings. The molecule has 1 saturated carbocycles. The second kappa shape index (κ2) is 10.4. The van der Waals surface area contributed by atoms with E-state index in [1.807, 2.05) is 18.3 Å². The van der Waals surface area contributed by atoms with Crippen molar-refractivity contribution in [1.82, 2.24) is 4.98 Å². The van der Waals surface area contributed by atoms with Gasteiger partial charge in [0.1, 0.15) is 4.88 Å². The van der Waals surface area contributed by atoms with Gasteiger partial charge in [0.05, 0.1) is 6.10 Å². The minimum atomic E-state index is -0.871. The molecule has 1 fully saturated rings. The number of halogens is 1. The third kappa shape index (κ3) is 5.91. The number of aliphatic hydroxyl groups excluding tert-OH is 1. The highest BCUT2D eigenvalue weighted by atomic mass is 35.5. The molecule has 4 atom stereocenters. The zero-order valence-electron chi connectivity index (χ0n) is 16.6. The highest BCUT2D eigenvalue weighted by molar-refractivity contribution is 7.13. The summed E-state index contributed by atoms with van der Waals surface area (Å²) >= 11 is 7.90. The lowest BCUT2D eigenvalue weighted by Crippen LogP contribution is -2.18. The SMILES string of the molecule is CCCc1cc(C=C[C@H]2C(O)C[C@@H](Cl)C2CCCc2ccc(C(=O)O)s2)ccn1. The van der Waals surface area contributed by atoms with E-state index in [-0.39, 0.29) is 17.2 Å². The molecule has 6 heteroatoms. The van der Waals surface area contributed by atoms with Crippen LogP contribution in [0.25, 0.3) is 6.08 Å². The Bertz CT molecular complexity index is 850. The van der Waals surface area contributed by atoms with Gasteiger partial charge in [-0.3, -0.25) is 4.98 Å². The number of aromatic nitrogens is 1. The number of nitrogens with zero attached hydrogens (tertiary/aromatic N) is 1. The van der Waals surface area contributed by atoms with Crippen LogP contribution in [0.5, 0.6) is 0 Å². The van der Waals surface area contributed by atoms with E-state index in [0.717, 1.165) is 48.2 Å². The van der Waals surface area contributed by atoms with E-state index >= 15 is 0 Å². The lowest BCUT2D eigenvalue weighted by molar-refractivity contribution is 0.0702. The van der Waals surface area contributed by atoms with E-state index in [4.69, 9.17) is 16.7 Å². The van der Waals surface area contributed by atoms with Crippen LogP contribution in [-0.2, 0) is 12.8 Å². The topological polar surface area (TPSA) is 70.4 Å². The van der Waals surface area contributed by atoms with Crippen molar-refractivity contribution >= 4 is 35.0 Å². The summed E-state index contributed by atoms with van der Waals surface area (Å²) in [4.78, 5) is 16.9. The Morgan fingerprint density at radius 2 is 2.17 bits per heavy atom. The zero-order valence-corrected chi connectivity index (χ0v) is 18.2. The monoisotopic (exact) mass is 433 g/mol. The van der Waals surface area contributed by atoms with Crippen molar-refractivity contribution in [3.8, 4) is 0 Å². The standard InChI is InChI=1S/C23H28ClNO3S/c1-2-4-16-13-15(11-12-25-16)7-9-19-18(20(24)14-21(19)26)6-3-5-17-8-10-22(29-17)23(27)28/h7-13,18-21,26H,2-6,14H2,1H3,(H,27,28)/t18?,19-,20-,21?/m1/s1. The molecule has 2 aromatic heterocycles. The molecule has 2 heterocycles. The van der Waals surface area contributed by atoms with E-state index in [1.54, 1.807) is 6.07 Å². The Morgan fingerprint density at radius 1 is 1.34 bits per heavy atom. The number of rotatable bonds is 9. The van der Waals surface area contributed by atoms with Crippen LogP contribution in [0.2, 0.25) is 0 Å². The first-order valence-corrected chi connectivity index (χ1v) is 11.5. The normalized spacial score (nSPS) is 24.4. The maximum absolute atomic E-state index is 11.0. The van der Waals surface area contributed by atoms with Crippen LogP contribution in [0.3, 0.4) is 0 Å². The fraction of sp³-hybridized carbons (Fsp3) is 0.478. The molecule has 156 valence electrons. The molecule has 2 aromatic rings. The first-order chi connectivity index (χ1) is 14.0. The maximum Gasteiger partial charge on any atom is 0.345 e. The highest BCUT2D eigenvalue weighted by Crippen LogP contribution is 2.40. The largest absolute Gasteiger partial charge is 0.477 e. The van der Waals surface area contributed by atoms with E-state index in [2.05, 4.69) is 30.1 Å². The molecule has 29 heavy (non-hydrogen) atoms. The van der Waals surface area contributed by atoms with Crippen LogP contribution in [0.1, 0.15) is 58.4 Å². The number of hydrogen-bond donors (Lipinski definition) is 2. The minimum Gasteiger partial charge on any atom is -0.477 e. The van der Waals surface area contributed by atoms with Gasteiger partial charge >= 0.3 is 5.97 Å². The van der Waals surface area contributed by atoms with Crippen LogP contribution < -0.4 is 0 Å². The fourth-order valence-electron chi connectivity index (χ4n) is 4.09. The molecule has 0 radical (unpaired) electrons. The predicted molar refractivity (Wildman–Crippen MR) is 119 cm³/mol. The molecule has 0 saturated heterocycles. The number of carbonyl (C=O) groups is 1. The number of pyridine rings is 1. The van der Waals surface area contributed by atoms with Gasteiger partial charge in [-0.2, -0.15) is 0 Å². The van der Waals surface area contributed by atoms with Crippen LogP contribution in [0.15, 0.2) is 36.5 Å². The van der Waals surface area contributed by atoms with Gasteiger partial charge < -0.3 is 10.2 Å². The number of aryl methyl sites for hydroxylation is 2.